The number of nitrogens with two attached hydrogens (primary N) is 2. The minimum atomic E-state index is 0.693. The van der Waals surface area contributed by atoms with E-state index in [-0.39, 0.29) is 0 Å². The Morgan fingerprint density at radius 2 is 2.08 bits per heavy atom. The largest absolute Gasteiger partial charge is 0.396 e. The molecule has 5 heteroatoms. The molecule has 1 aromatic rings. The first kappa shape index (κ1) is 17.1. The lowest BCUT2D eigenvalue weighted by atomic mass is 10.1. The molecule has 4 nitrogen and oxygen atoms in total. The molecule has 1 aromatic carbocycles. The maximum Gasteiger partial charge on any atom is 0.0727 e. The lowest BCUT2D eigenvalue weighted by Gasteiger charge is -2.23. The molecule has 128 valence electrons. The van der Waals surface area contributed by atoms with Crippen molar-refractivity contribution in [2.75, 3.05) is 6.54 Å². The summed E-state index contributed by atoms with van der Waals surface area (Å²) in [4.78, 5) is 0. The van der Waals surface area contributed by atoms with Crippen molar-refractivity contribution in [3.63, 3.8) is 0 Å². The number of hydrogen-bond acceptors (Lipinski definition) is 4. The Hall–Kier alpha value is -1.72. The molecule has 0 aliphatic heterocycles. The molecule has 2 aliphatic rings. The van der Waals surface area contributed by atoms with Gasteiger partial charge in [-0.1, -0.05) is 42.0 Å². The third-order valence-electron chi connectivity index (χ3n) is 4.41. The molecule has 0 bridgehead atoms. The van der Waals surface area contributed by atoms with Crippen LogP contribution in [0.5, 0.6) is 0 Å². The van der Waals surface area contributed by atoms with E-state index in [0.717, 1.165) is 41.3 Å². The first-order chi connectivity index (χ1) is 11.5. The third-order valence-corrected chi connectivity index (χ3v) is 5.26. The molecule has 24 heavy (non-hydrogen) atoms. The van der Waals surface area contributed by atoms with E-state index in [1.165, 1.54) is 24.0 Å². The number of aryl methyl sites for hydroxylation is 1. The van der Waals surface area contributed by atoms with E-state index < -0.39 is 0 Å². The third kappa shape index (κ3) is 4.22. The van der Waals surface area contributed by atoms with Crippen molar-refractivity contribution in [2.45, 2.75) is 32.7 Å². The highest BCUT2D eigenvalue weighted by molar-refractivity contribution is 9.12. The van der Waals surface area contributed by atoms with E-state index in [1.807, 2.05) is 0 Å². The molecule has 3 rings (SSSR count). The van der Waals surface area contributed by atoms with Gasteiger partial charge in [0.15, 0.2) is 0 Å². The van der Waals surface area contributed by atoms with Crippen molar-refractivity contribution >= 4 is 15.9 Å². The summed E-state index contributed by atoms with van der Waals surface area (Å²) in [7, 11) is 0. The van der Waals surface area contributed by atoms with Crippen LogP contribution >= 0.6 is 15.9 Å². The molecule has 0 radical (unpaired) electrons. The average Bonchev–Trinajstić information content (AvgIpc) is 3.37. The molecule has 0 unspecified atom stereocenters. The number of hydrazine groups is 1. The maximum absolute atomic E-state index is 6.36. The Bertz CT molecular complexity index is 701. The highest BCUT2D eigenvalue weighted by atomic mass is 79.9. The lowest BCUT2D eigenvalue weighted by molar-refractivity contribution is 0.347. The molecule has 1 fully saturated rings. The van der Waals surface area contributed by atoms with Crippen LogP contribution in [0.3, 0.4) is 0 Å². The average molecular weight is 389 g/mol. The topological polar surface area (TPSA) is 67.3 Å². The number of rotatable bonds is 6. The molecule has 2 aliphatic carbocycles. The fourth-order valence-electron chi connectivity index (χ4n) is 2.86. The van der Waals surface area contributed by atoms with Gasteiger partial charge in [0, 0.05) is 18.8 Å². The molecule has 0 spiro atoms. The van der Waals surface area contributed by atoms with E-state index in [9.17, 15) is 0 Å². The van der Waals surface area contributed by atoms with Crippen molar-refractivity contribution in [3.8, 4) is 0 Å². The molecule has 0 aromatic heterocycles. The Balaban J connectivity index is 1.69. The second-order valence-electron chi connectivity index (χ2n) is 6.61. The van der Waals surface area contributed by atoms with Gasteiger partial charge in [-0.2, -0.15) is 0 Å². The van der Waals surface area contributed by atoms with Crippen LogP contribution in [0.4, 0.5) is 0 Å². The number of hydrogen-bond donors (Lipinski definition) is 3. The van der Waals surface area contributed by atoms with Crippen LogP contribution in [-0.4, -0.2) is 11.6 Å². The normalized spacial score (nSPS) is 18.0. The number of halogens is 1. The second-order valence-corrected chi connectivity index (χ2v) is 7.40. The van der Waals surface area contributed by atoms with Crippen molar-refractivity contribution in [1.29, 1.82) is 0 Å². The van der Waals surface area contributed by atoms with Crippen molar-refractivity contribution in [1.82, 2.24) is 10.3 Å². The summed E-state index contributed by atoms with van der Waals surface area (Å²) < 4.78 is 0.880. The first-order valence-corrected chi connectivity index (χ1v) is 9.22. The highest BCUT2D eigenvalue weighted by Gasteiger charge is 2.25. The number of nitrogens with one attached hydrogen (secondary N) is 1. The highest BCUT2D eigenvalue weighted by Crippen LogP contribution is 2.32. The van der Waals surface area contributed by atoms with Crippen LogP contribution in [0.2, 0.25) is 0 Å². The molecule has 0 saturated heterocycles. The van der Waals surface area contributed by atoms with Gasteiger partial charge in [-0.25, -0.2) is 5.84 Å². The van der Waals surface area contributed by atoms with E-state index in [1.54, 1.807) is 5.01 Å². The van der Waals surface area contributed by atoms with Gasteiger partial charge in [0.25, 0.3) is 0 Å². The zero-order valence-corrected chi connectivity index (χ0v) is 15.6. The van der Waals surface area contributed by atoms with Gasteiger partial charge >= 0.3 is 0 Å². The summed E-state index contributed by atoms with van der Waals surface area (Å²) in [5.41, 5.74) is 11.5. The summed E-state index contributed by atoms with van der Waals surface area (Å²) in [5, 5.41) is 5.28. The SMILES string of the molecule is Cc1cccc(CNC2=CCC=C(N(N)CC3CC3)C(N)=C2Br)c1. The summed E-state index contributed by atoms with van der Waals surface area (Å²) in [6.07, 6.45) is 7.59. The standard InChI is InChI=1S/C19H25BrN4/c1-13-4-2-5-15(10-13)11-23-16-6-3-7-17(19(21)18(16)20)24(22)12-14-8-9-14/h2,4-7,10,14,23H,3,8-9,11-12,21-22H2,1H3. The molecule has 5 N–H and O–H groups in total. The monoisotopic (exact) mass is 388 g/mol. The van der Waals surface area contributed by atoms with Gasteiger partial charge in [0.2, 0.25) is 0 Å². The van der Waals surface area contributed by atoms with Gasteiger partial charge in [0.1, 0.15) is 0 Å². The molecule has 0 amide bonds. The molecular weight excluding hydrogens is 364 g/mol. The molecular formula is C19H25BrN4. The summed E-state index contributed by atoms with van der Waals surface area (Å²) in [6, 6.07) is 8.50. The fraction of sp³-hybridized carbons (Fsp3) is 0.368. The summed E-state index contributed by atoms with van der Waals surface area (Å²) in [6.45, 7) is 3.74. The van der Waals surface area contributed by atoms with Crippen LogP contribution in [0.25, 0.3) is 0 Å². The molecule has 0 heterocycles. The predicted molar refractivity (Wildman–Crippen MR) is 103 cm³/mol. The van der Waals surface area contributed by atoms with Crippen molar-refractivity contribution < 1.29 is 0 Å². The van der Waals surface area contributed by atoms with E-state index >= 15 is 0 Å². The first-order valence-electron chi connectivity index (χ1n) is 8.42. The fourth-order valence-corrected chi connectivity index (χ4v) is 3.37. The summed E-state index contributed by atoms with van der Waals surface area (Å²) in [5.74, 6) is 6.95. The van der Waals surface area contributed by atoms with Crippen molar-refractivity contribution in [2.24, 2.45) is 17.5 Å². The molecule has 1 saturated carbocycles. The van der Waals surface area contributed by atoms with Crippen LogP contribution < -0.4 is 16.9 Å². The summed E-state index contributed by atoms with van der Waals surface area (Å²) >= 11 is 3.65. The van der Waals surface area contributed by atoms with Gasteiger partial charge in [-0.3, -0.25) is 0 Å². The zero-order chi connectivity index (χ0) is 17.1. The van der Waals surface area contributed by atoms with E-state index in [0.29, 0.717) is 5.70 Å². The van der Waals surface area contributed by atoms with Crippen molar-refractivity contribution in [3.05, 3.63) is 69.1 Å². The van der Waals surface area contributed by atoms with Crippen LogP contribution in [0.15, 0.2) is 58.0 Å². The Kier molecular flexibility index (Phi) is 5.31. The van der Waals surface area contributed by atoms with Crippen LogP contribution in [-0.2, 0) is 6.54 Å². The Morgan fingerprint density at radius 3 is 2.79 bits per heavy atom. The second kappa shape index (κ2) is 7.45. The predicted octanol–water partition coefficient (Wildman–Crippen LogP) is 3.41. The maximum atomic E-state index is 6.36. The lowest BCUT2D eigenvalue weighted by Crippen LogP contribution is -2.34. The van der Waals surface area contributed by atoms with Crippen LogP contribution in [0.1, 0.15) is 30.4 Å². The van der Waals surface area contributed by atoms with Gasteiger partial charge in [-0.05, 0) is 53.6 Å². The quantitative estimate of drug-likeness (QED) is 0.515. The number of allylic oxidation sites excluding steroid dienone is 3. The Morgan fingerprint density at radius 1 is 1.29 bits per heavy atom. The number of nitrogens with zero attached hydrogens (tertiary/aromatic N) is 1. The van der Waals surface area contributed by atoms with Gasteiger partial charge in [0.05, 0.1) is 15.9 Å². The van der Waals surface area contributed by atoms with Crippen LogP contribution in [0, 0.1) is 12.8 Å². The minimum Gasteiger partial charge on any atom is -0.396 e. The van der Waals surface area contributed by atoms with Gasteiger partial charge in [-0.15, -0.1) is 0 Å². The number of benzene rings is 1. The minimum absolute atomic E-state index is 0.693. The Labute approximate surface area is 152 Å². The van der Waals surface area contributed by atoms with E-state index in [2.05, 4.69) is 64.6 Å². The van der Waals surface area contributed by atoms with E-state index in [4.69, 9.17) is 11.6 Å². The molecule has 0 atom stereocenters. The smallest absolute Gasteiger partial charge is 0.0727 e. The zero-order valence-electron chi connectivity index (χ0n) is 14.1. The van der Waals surface area contributed by atoms with Gasteiger partial charge < -0.3 is 16.1 Å².